The van der Waals surface area contributed by atoms with E-state index in [-0.39, 0.29) is 65.1 Å². The lowest BCUT2D eigenvalue weighted by atomic mass is 9.66. The van der Waals surface area contributed by atoms with Crippen LogP contribution in [0.5, 0.6) is 0 Å². The Hall–Kier alpha value is -1.98. The number of ketones is 6. The van der Waals surface area contributed by atoms with E-state index in [9.17, 15) is 28.8 Å². The first-order valence-electron chi connectivity index (χ1n) is 15.8. The highest BCUT2D eigenvalue weighted by atomic mass is 16.2. The molecule has 7 atom stereocenters. The summed E-state index contributed by atoms with van der Waals surface area (Å²) >= 11 is 0. The van der Waals surface area contributed by atoms with Crippen molar-refractivity contribution in [1.29, 1.82) is 0 Å². The Morgan fingerprint density at radius 2 is 1.34 bits per heavy atom. The highest BCUT2D eigenvalue weighted by Crippen LogP contribution is 2.71. The number of Topliss-reactive ketones (excluding diaryl/α,β-unsaturated/α-hetero) is 6. The third kappa shape index (κ3) is 7.33. The zero-order chi connectivity index (χ0) is 31.2. The number of fused-ring (bicyclic) bond motifs is 1. The quantitative estimate of drug-likeness (QED) is 0.217. The van der Waals surface area contributed by atoms with Crippen LogP contribution in [0.25, 0.3) is 0 Å². The van der Waals surface area contributed by atoms with E-state index < -0.39 is 46.6 Å². The lowest BCUT2D eigenvalue weighted by Gasteiger charge is -2.35. The molecule has 41 heavy (non-hydrogen) atoms. The Labute approximate surface area is 247 Å². The fourth-order valence-corrected chi connectivity index (χ4v) is 8.11. The maximum Gasteiger partial charge on any atom is 0.201 e. The summed E-state index contributed by atoms with van der Waals surface area (Å²) in [5.74, 6) is -3.00. The number of hydrogen-bond donors (Lipinski definition) is 0. The lowest BCUT2D eigenvalue weighted by Crippen LogP contribution is -2.41. The Bertz CT molecular complexity index is 1080. The first kappa shape index (κ1) is 33.5. The minimum atomic E-state index is -0.608. The fraction of sp³-hybridized carbons (Fsp3) is 0.829. The molecule has 6 heteroatoms. The van der Waals surface area contributed by atoms with Gasteiger partial charge in [0.05, 0.1) is 0 Å². The van der Waals surface area contributed by atoms with Crippen molar-refractivity contribution in [2.75, 3.05) is 0 Å². The van der Waals surface area contributed by atoms with Crippen LogP contribution in [-0.2, 0) is 28.8 Å². The molecule has 0 aromatic carbocycles. The van der Waals surface area contributed by atoms with Crippen LogP contribution >= 0.6 is 0 Å². The van der Waals surface area contributed by atoms with E-state index in [1.165, 1.54) is 13.8 Å². The highest BCUT2D eigenvalue weighted by Gasteiger charge is 2.69. The van der Waals surface area contributed by atoms with Gasteiger partial charge < -0.3 is 0 Å². The predicted molar refractivity (Wildman–Crippen MR) is 159 cm³/mol. The SMILES string of the molecule is CC(=O)C(=O)C(CC(=O)C1C(C(=O)C(CC(=O)CC(C(C)=O)C(C)(C)C)C(C)(C)C)CC2C1C2(C)C)CC1CCC1. The Morgan fingerprint density at radius 1 is 0.805 bits per heavy atom. The van der Waals surface area contributed by atoms with Gasteiger partial charge in [0.25, 0.3) is 0 Å². The van der Waals surface area contributed by atoms with Crippen LogP contribution in [0, 0.1) is 63.6 Å². The molecule has 0 radical (unpaired) electrons. The van der Waals surface area contributed by atoms with Gasteiger partial charge in [-0.2, -0.15) is 0 Å². The number of hydrogen-bond acceptors (Lipinski definition) is 6. The highest BCUT2D eigenvalue weighted by molar-refractivity contribution is 6.37. The van der Waals surface area contributed by atoms with Gasteiger partial charge >= 0.3 is 0 Å². The van der Waals surface area contributed by atoms with Gasteiger partial charge in [-0.15, -0.1) is 0 Å². The molecule has 230 valence electrons. The second-order valence-corrected chi connectivity index (χ2v) is 16.4. The van der Waals surface area contributed by atoms with E-state index in [0.29, 0.717) is 18.8 Å². The molecular formula is C35H54O6. The van der Waals surface area contributed by atoms with Crippen molar-refractivity contribution in [2.45, 2.75) is 121 Å². The Balaban J connectivity index is 1.84. The van der Waals surface area contributed by atoms with E-state index in [1.807, 2.05) is 41.5 Å². The summed E-state index contributed by atoms with van der Waals surface area (Å²) in [5, 5.41) is 0. The van der Waals surface area contributed by atoms with E-state index in [2.05, 4.69) is 13.8 Å². The van der Waals surface area contributed by atoms with E-state index >= 15 is 0 Å². The lowest BCUT2D eigenvalue weighted by molar-refractivity contribution is -0.142. The van der Waals surface area contributed by atoms with Gasteiger partial charge in [0, 0.05) is 55.8 Å². The van der Waals surface area contributed by atoms with Crippen molar-refractivity contribution in [2.24, 2.45) is 63.6 Å². The summed E-state index contributed by atoms with van der Waals surface area (Å²) in [4.78, 5) is 78.9. The number of rotatable bonds is 14. The summed E-state index contributed by atoms with van der Waals surface area (Å²) in [5.41, 5.74) is -0.890. The third-order valence-corrected chi connectivity index (χ3v) is 11.0. The normalized spacial score (nSPS) is 27.7. The van der Waals surface area contributed by atoms with Crippen molar-refractivity contribution in [3.8, 4) is 0 Å². The van der Waals surface area contributed by atoms with Gasteiger partial charge in [-0.3, -0.25) is 28.8 Å². The van der Waals surface area contributed by atoms with Gasteiger partial charge in [0.15, 0.2) is 5.78 Å². The molecule has 0 aromatic rings. The molecule has 0 saturated heterocycles. The average Bonchev–Trinajstić information content (AvgIpc) is 3.13. The predicted octanol–water partition coefficient (Wildman–Crippen LogP) is 6.65. The molecule has 3 aliphatic rings. The summed E-state index contributed by atoms with van der Waals surface area (Å²) in [7, 11) is 0. The molecular weight excluding hydrogens is 516 g/mol. The molecule has 3 rings (SSSR count). The Morgan fingerprint density at radius 3 is 1.78 bits per heavy atom. The molecule has 6 nitrogen and oxygen atoms in total. The molecule has 0 bridgehead atoms. The molecule has 0 spiro atoms. The van der Waals surface area contributed by atoms with Crippen molar-refractivity contribution in [3.63, 3.8) is 0 Å². The fourth-order valence-electron chi connectivity index (χ4n) is 8.11. The van der Waals surface area contributed by atoms with Gasteiger partial charge in [0.1, 0.15) is 23.1 Å². The molecule has 0 amide bonds. The summed E-state index contributed by atoms with van der Waals surface area (Å²) in [6, 6.07) is 0. The summed E-state index contributed by atoms with van der Waals surface area (Å²) in [6.45, 7) is 18.9. The minimum absolute atomic E-state index is 0.0215. The van der Waals surface area contributed by atoms with Crippen LogP contribution in [0.3, 0.4) is 0 Å². The van der Waals surface area contributed by atoms with E-state index in [4.69, 9.17) is 0 Å². The van der Waals surface area contributed by atoms with Crippen molar-refractivity contribution < 1.29 is 28.8 Å². The number of carbonyl (C=O) groups is 6. The zero-order valence-electron chi connectivity index (χ0n) is 27.2. The van der Waals surface area contributed by atoms with Crippen molar-refractivity contribution >= 4 is 34.7 Å². The smallest absolute Gasteiger partial charge is 0.201 e. The van der Waals surface area contributed by atoms with E-state index in [0.717, 1.165) is 19.3 Å². The molecule has 3 fully saturated rings. The molecule has 0 heterocycles. The Kier molecular flexibility index (Phi) is 9.77. The van der Waals surface area contributed by atoms with Crippen LogP contribution in [0.15, 0.2) is 0 Å². The molecule has 7 unspecified atom stereocenters. The third-order valence-electron chi connectivity index (χ3n) is 11.0. The van der Waals surface area contributed by atoms with Crippen LogP contribution in [0.2, 0.25) is 0 Å². The van der Waals surface area contributed by atoms with Crippen molar-refractivity contribution in [1.82, 2.24) is 0 Å². The molecule has 3 saturated carbocycles. The maximum atomic E-state index is 14.3. The van der Waals surface area contributed by atoms with Gasteiger partial charge in [-0.05, 0) is 53.8 Å². The second-order valence-electron chi connectivity index (χ2n) is 16.4. The molecule has 0 aliphatic heterocycles. The van der Waals surface area contributed by atoms with Crippen LogP contribution in [-0.4, -0.2) is 34.7 Å². The van der Waals surface area contributed by atoms with Crippen LogP contribution in [0.1, 0.15) is 121 Å². The van der Waals surface area contributed by atoms with Crippen molar-refractivity contribution in [3.05, 3.63) is 0 Å². The largest absolute Gasteiger partial charge is 0.300 e. The topological polar surface area (TPSA) is 102 Å². The van der Waals surface area contributed by atoms with Crippen LogP contribution in [0.4, 0.5) is 0 Å². The van der Waals surface area contributed by atoms with Crippen LogP contribution < -0.4 is 0 Å². The first-order valence-corrected chi connectivity index (χ1v) is 15.8. The minimum Gasteiger partial charge on any atom is -0.300 e. The number of carbonyl (C=O) groups excluding carboxylic acids is 6. The average molecular weight is 571 g/mol. The van der Waals surface area contributed by atoms with Gasteiger partial charge in [0.2, 0.25) is 5.78 Å². The monoisotopic (exact) mass is 570 g/mol. The summed E-state index contributed by atoms with van der Waals surface area (Å²) < 4.78 is 0. The molecule has 3 aliphatic carbocycles. The molecule has 0 N–H and O–H groups in total. The molecule has 0 aromatic heterocycles. The zero-order valence-corrected chi connectivity index (χ0v) is 27.2. The van der Waals surface area contributed by atoms with E-state index in [1.54, 1.807) is 0 Å². The summed E-state index contributed by atoms with van der Waals surface area (Å²) in [6.07, 6.45) is 4.56. The first-order chi connectivity index (χ1) is 18.7. The van der Waals surface area contributed by atoms with Gasteiger partial charge in [-0.25, -0.2) is 0 Å². The second kappa shape index (κ2) is 12.0. The standard InChI is InChI=1S/C35H54O6/c1-19(36)25(33(3,4)5)16-23(38)17-27(34(6,7)8)32(41)24-18-26-30(35(26,9)10)29(24)28(39)15-22(31(40)20(2)37)14-21-12-11-13-21/h21-22,24-27,29-30H,11-18H2,1-10H3. The van der Waals surface area contributed by atoms with Gasteiger partial charge in [-0.1, -0.05) is 74.7 Å². The maximum absolute atomic E-state index is 14.3.